The Morgan fingerprint density at radius 1 is 0.811 bits per heavy atom. The van der Waals surface area contributed by atoms with E-state index in [2.05, 4.69) is 10.6 Å². The van der Waals surface area contributed by atoms with Gasteiger partial charge in [0.05, 0.1) is 10.5 Å². The maximum absolute atomic E-state index is 12.6. The van der Waals surface area contributed by atoms with Gasteiger partial charge >= 0.3 is 0 Å². The van der Waals surface area contributed by atoms with Gasteiger partial charge in [0.2, 0.25) is 5.91 Å². The highest BCUT2D eigenvalue weighted by Crippen LogP contribution is 2.31. The van der Waals surface area contributed by atoms with Crippen LogP contribution in [0.2, 0.25) is 0 Å². The highest BCUT2D eigenvalue weighted by molar-refractivity contribution is 6.05. The molecule has 0 saturated heterocycles. The first-order valence-electron chi connectivity index (χ1n) is 11.2. The number of nitrogens with zero attached hydrogens (tertiary/aromatic N) is 1. The van der Waals surface area contributed by atoms with E-state index in [-0.39, 0.29) is 11.4 Å². The lowest BCUT2D eigenvalue weighted by Gasteiger charge is -2.06. The number of carbonyl (C=O) groups is 2. The number of nitro benzene ring substituents is 1. The van der Waals surface area contributed by atoms with Crippen LogP contribution in [0.3, 0.4) is 0 Å². The van der Waals surface area contributed by atoms with Crippen LogP contribution >= 0.6 is 0 Å². The first kappa shape index (κ1) is 23.3. The predicted molar refractivity (Wildman–Crippen MR) is 139 cm³/mol. The molecular formula is C28H19N3O6. The van der Waals surface area contributed by atoms with Crippen LogP contribution in [0.4, 0.5) is 17.1 Å². The van der Waals surface area contributed by atoms with Crippen molar-refractivity contribution in [2.75, 3.05) is 10.6 Å². The number of benzene rings is 3. The molecule has 0 spiro atoms. The summed E-state index contributed by atoms with van der Waals surface area (Å²) in [7, 11) is 0. The van der Waals surface area contributed by atoms with Crippen molar-refractivity contribution in [1.29, 1.82) is 0 Å². The maximum Gasteiger partial charge on any atom is 0.291 e. The molecule has 3 aromatic carbocycles. The Bertz CT molecular complexity index is 1630. The van der Waals surface area contributed by atoms with E-state index in [0.29, 0.717) is 34.0 Å². The molecule has 0 fully saturated rings. The zero-order valence-electron chi connectivity index (χ0n) is 19.2. The molecule has 0 atom stereocenters. The monoisotopic (exact) mass is 493 g/mol. The van der Waals surface area contributed by atoms with Gasteiger partial charge in [-0.1, -0.05) is 36.4 Å². The van der Waals surface area contributed by atoms with Gasteiger partial charge in [0, 0.05) is 28.9 Å². The van der Waals surface area contributed by atoms with Gasteiger partial charge in [0.1, 0.15) is 17.1 Å². The summed E-state index contributed by atoms with van der Waals surface area (Å²) < 4.78 is 11.2. The fourth-order valence-corrected chi connectivity index (χ4v) is 3.73. The van der Waals surface area contributed by atoms with Gasteiger partial charge in [-0.15, -0.1) is 0 Å². The number of amides is 2. The van der Waals surface area contributed by atoms with Gasteiger partial charge in [-0.05, 0) is 54.6 Å². The lowest BCUT2D eigenvalue weighted by atomic mass is 10.1. The van der Waals surface area contributed by atoms with Crippen molar-refractivity contribution >= 4 is 45.9 Å². The van der Waals surface area contributed by atoms with E-state index < -0.39 is 16.7 Å². The van der Waals surface area contributed by atoms with Crippen LogP contribution in [-0.4, -0.2) is 16.7 Å². The number of nitrogens with one attached hydrogen (secondary N) is 2. The molecule has 0 aliphatic rings. The first-order chi connectivity index (χ1) is 18.0. The van der Waals surface area contributed by atoms with Crippen LogP contribution in [0.25, 0.3) is 28.4 Å². The van der Waals surface area contributed by atoms with Crippen molar-refractivity contribution in [1.82, 2.24) is 0 Å². The highest BCUT2D eigenvalue weighted by Gasteiger charge is 2.17. The second kappa shape index (κ2) is 10.0. The van der Waals surface area contributed by atoms with Crippen LogP contribution < -0.4 is 10.6 Å². The minimum Gasteiger partial charge on any atom is -0.456 e. The number of carbonyl (C=O) groups excluding carboxylic acids is 2. The highest BCUT2D eigenvalue weighted by atomic mass is 16.6. The minimum absolute atomic E-state index is 0.0718. The first-order valence-corrected chi connectivity index (χ1v) is 11.2. The molecule has 0 bridgehead atoms. The Labute approximate surface area is 210 Å². The van der Waals surface area contributed by atoms with Crippen molar-refractivity contribution < 1.29 is 23.3 Å². The summed E-state index contributed by atoms with van der Waals surface area (Å²) in [5.41, 5.74) is 1.84. The summed E-state index contributed by atoms with van der Waals surface area (Å²) in [6.07, 6.45) is 2.74. The Morgan fingerprint density at radius 3 is 2.38 bits per heavy atom. The zero-order chi connectivity index (χ0) is 25.8. The number of furan rings is 2. The molecule has 182 valence electrons. The molecule has 9 heteroatoms. The second-order valence-corrected chi connectivity index (χ2v) is 7.98. The number of anilines is 2. The van der Waals surface area contributed by atoms with Crippen LogP contribution in [-0.2, 0) is 4.79 Å². The maximum atomic E-state index is 12.6. The normalized spacial score (nSPS) is 11.0. The van der Waals surface area contributed by atoms with E-state index in [1.165, 1.54) is 18.2 Å². The largest absolute Gasteiger partial charge is 0.456 e. The molecule has 2 heterocycles. The van der Waals surface area contributed by atoms with Gasteiger partial charge in [-0.2, -0.15) is 0 Å². The fourth-order valence-electron chi connectivity index (χ4n) is 3.73. The van der Waals surface area contributed by atoms with Crippen LogP contribution in [0.15, 0.2) is 106 Å². The average Bonchev–Trinajstić information content (AvgIpc) is 3.55. The third-order valence-corrected chi connectivity index (χ3v) is 5.43. The van der Waals surface area contributed by atoms with Gasteiger partial charge in [0.15, 0.2) is 5.76 Å². The molecular weight excluding hydrogens is 474 g/mol. The Balaban J connectivity index is 1.23. The van der Waals surface area contributed by atoms with E-state index in [9.17, 15) is 19.7 Å². The van der Waals surface area contributed by atoms with E-state index >= 15 is 0 Å². The van der Waals surface area contributed by atoms with Crippen LogP contribution in [0, 0.1) is 10.1 Å². The molecule has 9 nitrogen and oxygen atoms in total. The number of hydrogen-bond acceptors (Lipinski definition) is 6. The molecule has 2 amide bonds. The van der Waals surface area contributed by atoms with E-state index in [1.807, 2.05) is 18.2 Å². The minimum atomic E-state index is -0.478. The molecule has 0 saturated carbocycles. The number of rotatable bonds is 7. The Hall–Kier alpha value is -5.44. The molecule has 2 N–H and O–H groups in total. The SMILES string of the molecule is O=C(C=Cc1ccc(-c2ccccc2[N+](=O)[O-])o1)Nc1cccc(NC(=O)c2cc3ccccc3o2)c1. The van der Waals surface area contributed by atoms with Crippen molar-refractivity contribution in [3.63, 3.8) is 0 Å². The third kappa shape index (κ3) is 5.30. The average molecular weight is 493 g/mol. The smallest absolute Gasteiger partial charge is 0.291 e. The standard InChI is InChI=1S/C28H19N3O6/c32-27(15-13-21-12-14-25(36-21)22-9-2-3-10-23(22)31(34)35)29-19-7-5-8-20(17-19)30-28(33)26-16-18-6-1-4-11-24(18)37-26/h1-17H,(H,29,32)(H,30,33). The second-order valence-electron chi connectivity index (χ2n) is 7.98. The molecule has 0 aliphatic carbocycles. The quantitative estimate of drug-likeness (QED) is 0.151. The summed E-state index contributed by atoms with van der Waals surface area (Å²) in [5.74, 6) is 0.0175. The third-order valence-electron chi connectivity index (χ3n) is 5.43. The van der Waals surface area contributed by atoms with Crippen LogP contribution in [0.1, 0.15) is 16.3 Å². The Kier molecular flexibility index (Phi) is 6.33. The molecule has 5 aromatic rings. The van der Waals surface area contributed by atoms with Gasteiger partial charge < -0.3 is 19.5 Å². The fraction of sp³-hybridized carbons (Fsp3) is 0. The van der Waals surface area contributed by atoms with E-state index in [0.717, 1.165) is 5.39 Å². The van der Waals surface area contributed by atoms with Crippen LogP contribution in [0.5, 0.6) is 0 Å². The molecule has 2 aromatic heterocycles. The van der Waals surface area contributed by atoms with Gasteiger partial charge in [-0.3, -0.25) is 19.7 Å². The number of hydrogen-bond donors (Lipinski definition) is 2. The lowest BCUT2D eigenvalue weighted by molar-refractivity contribution is -0.384. The number of para-hydroxylation sites is 2. The zero-order valence-corrected chi connectivity index (χ0v) is 19.2. The van der Waals surface area contributed by atoms with Crippen molar-refractivity contribution in [3.8, 4) is 11.3 Å². The molecule has 0 radical (unpaired) electrons. The molecule has 0 unspecified atom stereocenters. The molecule has 37 heavy (non-hydrogen) atoms. The van der Waals surface area contributed by atoms with Gasteiger partial charge in [-0.25, -0.2) is 0 Å². The van der Waals surface area contributed by atoms with Gasteiger partial charge in [0.25, 0.3) is 11.6 Å². The summed E-state index contributed by atoms with van der Waals surface area (Å²) in [6.45, 7) is 0. The topological polar surface area (TPSA) is 128 Å². The van der Waals surface area contributed by atoms with Crippen molar-refractivity contribution in [2.24, 2.45) is 0 Å². The Morgan fingerprint density at radius 2 is 1.57 bits per heavy atom. The lowest BCUT2D eigenvalue weighted by Crippen LogP contribution is -2.12. The number of nitro groups is 1. The van der Waals surface area contributed by atoms with Crippen molar-refractivity contribution in [3.05, 3.63) is 119 Å². The summed E-state index contributed by atoms with van der Waals surface area (Å²) >= 11 is 0. The summed E-state index contributed by atoms with van der Waals surface area (Å²) in [5, 5.41) is 17.6. The van der Waals surface area contributed by atoms with E-state index in [1.54, 1.807) is 66.7 Å². The summed E-state index contributed by atoms with van der Waals surface area (Å²) in [4.78, 5) is 35.8. The number of fused-ring (bicyclic) bond motifs is 1. The van der Waals surface area contributed by atoms with Crippen molar-refractivity contribution in [2.45, 2.75) is 0 Å². The summed E-state index contributed by atoms with van der Waals surface area (Å²) in [6, 6.07) is 25.1. The molecule has 0 aliphatic heterocycles. The molecule has 5 rings (SSSR count). The predicted octanol–water partition coefficient (Wildman–Crippen LogP) is 6.51. The van der Waals surface area contributed by atoms with E-state index in [4.69, 9.17) is 8.83 Å².